The number of carbonyl (C=O) groups is 1. The lowest BCUT2D eigenvalue weighted by Gasteiger charge is -2.39. The Kier molecular flexibility index (Phi) is 53.4. The van der Waals surface area contributed by atoms with Crippen LogP contribution >= 0.6 is 0 Å². The quantitative estimate of drug-likeness (QED) is 0.0383. The molecule has 4 nitrogen and oxygen atoms in total. The van der Waals surface area contributed by atoms with E-state index in [1.165, 1.54) is 238 Å². The van der Waals surface area contributed by atoms with Gasteiger partial charge in [-0.1, -0.05) is 220 Å². The van der Waals surface area contributed by atoms with E-state index in [9.17, 15) is 0 Å². The van der Waals surface area contributed by atoms with Crippen LogP contribution in [0.2, 0.25) is 0 Å². The summed E-state index contributed by atoms with van der Waals surface area (Å²) in [5.74, 6) is 1.99. The lowest BCUT2D eigenvalue weighted by Crippen LogP contribution is -2.45. The van der Waals surface area contributed by atoms with Gasteiger partial charge in [0.2, 0.25) is 0 Å². The van der Waals surface area contributed by atoms with Crippen molar-refractivity contribution in [1.29, 1.82) is 0 Å². The van der Waals surface area contributed by atoms with Gasteiger partial charge in [-0.05, 0) is 83.7 Å². The molecule has 1 rings (SSSR count). The highest BCUT2D eigenvalue weighted by atomic mass is 16.5. The summed E-state index contributed by atoms with van der Waals surface area (Å²) in [6, 6.07) is 0. The molecule has 0 aromatic rings. The van der Waals surface area contributed by atoms with Crippen LogP contribution in [0.1, 0.15) is 273 Å². The van der Waals surface area contributed by atoms with Crippen LogP contribution in [0.4, 0.5) is 0 Å². The minimum Gasteiger partial charge on any atom is -0.483 e. The van der Waals surface area contributed by atoms with Crippen molar-refractivity contribution >= 4 is 6.47 Å². The summed E-state index contributed by atoms with van der Waals surface area (Å²) in [7, 11) is 1.81. The van der Waals surface area contributed by atoms with Crippen LogP contribution in [0, 0.1) is 11.8 Å². The molecular formula is C52H107NO3. The van der Waals surface area contributed by atoms with Gasteiger partial charge in [0.05, 0.1) is 0 Å². The third-order valence-electron chi connectivity index (χ3n) is 11.9. The summed E-state index contributed by atoms with van der Waals surface area (Å²) in [5, 5.41) is 6.89. The average Bonchev–Trinajstić information content (AvgIpc) is 4.00. The molecule has 338 valence electrons. The van der Waals surface area contributed by atoms with Gasteiger partial charge < -0.3 is 9.84 Å². The summed E-state index contributed by atoms with van der Waals surface area (Å²) in [6.07, 6.45) is 51.5. The number of unbranched alkanes of at least 4 members (excludes halogenated alkanes) is 23. The normalized spacial score (nSPS) is 12.4. The Hall–Kier alpha value is -0.870. The number of rotatable bonds is 39. The predicted molar refractivity (Wildman–Crippen MR) is 253 cm³/mol. The minimum atomic E-state index is -0.250. The lowest BCUT2D eigenvalue weighted by atomic mass is 9.91. The molecule has 0 heterocycles. The Morgan fingerprint density at radius 2 is 0.946 bits per heavy atom. The van der Waals surface area contributed by atoms with Crippen LogP contribution in [0.5, 0.6) is 0 Å². The molecule has 1 N–H and O–H groups in total. The summed E-state index contributed by atoms with van der Waals surface area (Å²) in [6.45, 7) is 23.5. The molecule has 1 aliphatic rings. The van der Waals surface area contributed by atoms with E-state index in [1.54, 1.807) is 0 Å². The number of hydrogen-bond donors (Lipinski definition) is 1. The maximum Gasteiger partial charge on any atom is 0.290 e. The van der Waals surface area contributed by atoms with E-state index < -0.39 is 0 Å². The Morgan fingerprint density at radius 3 is 1.30 bits per heavy atom. The second-order valence-electron chi connectivity index (χ2n) is 18.0. The molecule has 0 spiro atoms. The van der Waals surface area contributed by atoms with Gasteiger partial charge in [0, 0.05) is 19.3 Å². The molecule has 56 heavy (non-hydrogen) atoms. The van der Waals surface area contributed by atoms with E-state index in [1.807, 2.05) is 7.11 Å². The molecule has 0 aliphatic heterocycles. The molecule has 1 aliphatic carbocycles. The Morgan fingerprint density at radius 1 is 0.589 bits per heavy atom. The molecule has 0 saturated heterocycles. The van der Waals surface area contributed by atoms with Gasteiger partial charge in [-0.25, -0.2) is 0 Å². The van der Waals surface area contributed by atoms with E-state index in [-0.39, 0.29) is 6.47 Å². The van der Waals surface area contributed by atoms with E-state index in [4.69, 9.17) is 14.6 Å². The molecule has 4 heteroatoms. The molecule has 0 amide bonds. The lowest BCUT2D eigenvalue weighted by molar-refractivity contribution is -0.122. The van der Waals surface area contributed by atoms with Crippen LogP contribution in [-0.4, -0.2) is 48.8 Å². The van der Waals surface area contributed by atoms with Crippen LogP contribution < -0.4 is 0 Å². The molecule has 0 aromatic carbocycles. The monoisotopic (exact) mass is 794 g/mol. The minimum absolute atomic E-state index is 0.250. The van der Waals surface area contributed by atoms with Crippen molar-refractivity contribution < 1.29 is 14.6 Å². The largest absolute Gasteiger partial charge is 0.483 e. The third-order valence-corrected chi connectivity index (χ3v) is 11.9. The van der Waals surface area contributed by atoms with Crippen LogP contribution in [0.25, 0.3) is 0 Å². The van der Waals surface area contributed by atoms with Gasteiger partial charge in [-0.3, -0.25) is 9.69 Å². The molecule has 0 bridgehead atoms. The maximum atomic E-state index is 8.36. The van der Waals surface area contributed by atoms with E-state index in [0.29, 0.717) is 5.54 Å². The molecule has 1 fully saturated rings. The molecular weight excluding hydrogens is 687 g/mol. The first-order valence-electron chi connectivity index (χ1n) is 25.2. The number of hydrogen-bond acceptors (Lipinski definition) is 3. The van der Waals surface area contributed by atoms with Gasteiger partial charge in [0.1, 0.15) is 0 Å². The van der Waals surface area contributed by atoms with Gasteiger partial charge in [-0.2, -0.15) is 0 Å². The number of carboxylic acid groups (broad SMARTS) is 1. The van der Waals surface area contributed by atoms with Crippen molar-refractivity contribution in [1.82, 2.24) is 4.90 Å². The number of nitrogens with zero attached hydrogens (tertiary/aromatic N) is 1. The van der Waals surface area contributed by atoms with Crippen molar-refractivity contribution in [3.63, 3.8) is 0 Å². The van der Waals surface area contributed by atoms with Gasteiger partial charge in [0.25, 0.3) is 6.47 Å². The number of ether oxygens (including phenoxy) is 1. The summed E-state index contributed by atoms with van der Waals surface area (Å²) < 4.78 is 5.14. The molecule has 0 aromatic heterocycles. The molecule has 0 radical (unpaired) electrons. The predicted octanol–water partition coefficient (Wildman–Crippen LogP) is 17.6. The zero-order valence-corrected chi connectivity index (χ0v) is 40.1. The van der Waals surface area contributed by atoms with Crippen LogP contribution in [-0.2, 0) is 9.53 Å². The Bertz CT molecular complexity index is 695. The summed E-state index contributed by atoms with van der Waals surface area (Å²) in [5.41, 5.74) is 0.403. The zero-order valence-electron chi connectivity index (χ0n) is 40.1. The van der Waals surface area contributed by atoms with Crippen molar-refractivity contribution in [2.45, 2.75) is 279 Å². The van der Waals surface area contributed by atoms with Gasteiger partial charge in [0.15, 0.2) is 0 Å². The number of methoxy groups -OCH3 is 1. The topological polar surface area (TPSA) is 49.8 Å². The van der Waals surface area contributed by atoms with E-state index >= 15 is 0 Å². The van der Waals surface area contributed by atoms with Crippen molar-refractivity contribution in [2.24, 2.45) is 11.8 Å². The molecule has 0 atom stereocenters. The fourth-order valence-corrected chi connectivity index (χ4v) is 7.81. The van der Waals surface area contributed by atoms with Crippen molar-refractivity contribution in [3.8, 4) is 0 Å². The first kappa shape index (κ1) is 59.4. The third kappa shape index (κ3) is 49.3. The van der Waals surface area contributed by atoms with E-state index in [0.717, 1.165) is 18.4 Å². The van der Waals surface area contributed by atoms with Gasteiger partial charge in [-0.15, -0.1) is 6.58 Å². The maximum absolute atomic E-state index is 8.36. The average molecular weight is 794 g/mol. The smallest absolute Gasteiger partial charge is 0.290 e. The highest BCUT2D eigenvalue weighted by Crippen LogP contribution is 2.39. The Labute approximate surface area is 355 Å². The summed E-state index contributed by atoms with van der Waals surface area (Å²) >= 11 is 0. The SMILES string of the molecule is C=CCCCCCCCN(CCCCCCCCCCCCCCCC)C(C)(C)CC1CC1.CCCC.CCCCCC(CCCCC)CCCOC.O=CO. The fourth-order valence-electron chi connectivity index (χ4n) is 7.81. The molecule has 1 saturated carbocycles. The first-order chi connectivity index (χ1) is 27.3. The van der Waals surface area contributed by atoms with Gasteiger partial charge >= 0.3 is 0 Å². The van der Waals surface area contributed by atoms with Crippen molar-refractivity contribution in [3.05, 3.63) is 12.7 Å². The second-order valence-corrected chi connectivity index (χ2v) is 18.0. The highest BCUT2D eigenvalue weighted by molar-refractivity contribution is 5.32. The molecule has 0 unspecified atom stereocenters. The van der Waals surface area contributed by atoms with Crippen molar-refractivity contribution in [2.75, 3.05) is 26.8 Å². The standard InChI is InChI=1S/C32H63N.C15H32O.C4H10.CH2O2/c1-5-7-9-11-13-14-15-16-17-18-19-21-23-25-29-33(32(3,4)30-31-26-27-31)28-24-22-20-12-10-8-6-2;1-4-6-8-11-15(12-9-7-5-2)13-10-14-16-3;1-3-4-2;2-1-3/h6,31H,2,5,7-30H2,1,3-4H3;15H,4-14H2,1-3H3;3-4H2,1-2H3;1H,(H,2,3). The fraction of sp³-hybridized carbons (Fsp3) is 0.942. The second kappa shape index (κ2) is 50.3. The number of allylic oxidation sites excluding steroid dienone is 1. The first-order valence-corrected chi connectivity index (χ1v) is 25.2. The zero-order chi connectivity index (χ0) is 42.2. The van der Waals surface area contributed by atoms with E-state index in [2.05, 4.69) is 66.0 Å². The summed E-state index contributed by atoms with van der Waals surface area (Å²) in [4.78, 5) is 11.2. The van der Waals surface area contributed by atoms with Crippen LogP contribution in [0.15, 0.2) is 12.7 Å². The Balaban J connectivity index is -0.00000101. The highest BCUT2D eigenvalue weighted by Gasteiger charge is 2.33. The van der Waals surface area contributed by atoms with Crippen LogP contribution in [0.3, 0.4) is 0 Å².